The highest BCUT2D eigenvalue weighted by molar-refractivity contribution is 5.61. The quantitative estimate of drug-likeness (QED) is 0.796. The van der Waals surface area contributed by atoms with Gasteiger partial charge in [0, 0.05) is 23.9 Å². The first-order valence-corrected chi connectivity index (χ1v) is 6.97. The maximum Gasteiger partial charge on any atom is 0.203 e. The number of nitrogens with zero attached hydrogens (tertiary/aromatic N) is 4. The average molecular weight is 281 g/mol. The highest BCUT2D eigenvalue weighted by atomic mass is 16.5. The molecule has 1 aromatic carbocycles. The molecule has 2 atom stereocenters. The zero-order chi connectivity index (χ0) is 14.2. The van der Waals surface area contributed by atoms with Crippen LogP contribution in [0.1, 0.15) is 18.4 Å². The molecule has 1 aliphatic heterocycles. The first-order chi connectivity index (χ1) is 10.3. The van der Waals surface area contributed by atoms with Gasteiger partial charge in [-0.3, -0.25) is 4.40 Å². The zero-order valence-electron chi connectivity index (χ0n) is 11.6. The molecule has 6 heteroatoms. The van der Waals surface area contributed by atoms with Crippen molar-refractivity contribution in [3.63, 3.8) is 0 Å². The molecule has 0 saturated carbocycles. The minimum atomic E-state index is 0.0902. The van der Waals surface area contributed by atoms with E-state index in [0.29, 0.717) is 12.5 Å². The lowest BCUT2D eigenvalue weighted by Crippen LogP contribution is -2.27. The Labute approximate surface area is 121 Å². The Kier molecular flexibility index (Phi) is 2.73. The van der Waals surface area contributed by atoms with Crippen molar-refractivity contribution in [3.05, 3.63) is 48.5 Å². The Morgan fingerprint density at radius 2 is 2.24 bits per heavy atom. The van der Waals surface area contributed by atoms with Gasteiger partial charge in [0.25, 0.3) is 0 Å². The molecule has 1 aliphatic rings. The molecule has 21 heavy (non-hydrogen) atoms. The van der Waals surface area contributed by atoms with E-state index in [2.05, 4.69) is 33.5 Å². The van der Waals surface area contributed by atoms with E-state index < -0.39 is 0 Å². The first kappa shape index (κ1) is 12.1. The van der Waals surface area contributed by atoms with Crippen LogP contribution in [0.2, 0.25) is 0 Å². The van der Waals surface area contributed by atoms with E-state index in [9.17, 15) is 0 Å². The van der Waals surface area contributed by atoms with Crippen molar-refractivity contribution < 1.29 is 4.74 Å². The fourth-order valence-corrected chi connectivity index (χ4v) is 2.73. The molecule has 0 fully saturated rings. The van der Waals surface area contributed by atoms with Crippen LogP contribution in [0.15, 0.2) is 43.0 Å². The van der Waals surface area contributed by atoms with Crippen LogP contribution in [-0.2, 0) is 0 Å². The number of rotatable bonds is 3. The topological polar surface area (TPSA) is 64.3 Å². The average Bonchev–Trinajstić information content (AvgIpc) is 3.11. The summed E-state index contributed by atoms with van der Waals surface area (Å²) in [7, 11) is 0. The lowest BCUT2D eigenvalue weighted by Gasteiger charge is -2.16. The summed E-state index contributed by atoms with van der Waals surface area (Å²) in [5.74, 6) is 2.05. The van der Waals surface area contributed by atoms with Crippen LogP contribution in [-0.4, -0.2) is 32.2 Å². The molecule has 106 valence electrons. The van der Waals surface area contributed by atoms with Crippen molar-refractivity contribution in [2.45, 2.75) is 18.9 Å². The fraction of sp³-hybridized carbons (Fsp3) is 0.267. The maximum atomic E-state index is 6.00. The summed E-state index contributed by atoms with van der Waals surface area (Å²) in [6.07, 6.45) is 5.30. The summed E-state index contributed by atoms with van der Waals surface area (Å²) < 4.78 is 7.84. The number of nitrogens with one attached hydrogen (secondary N) is 1. The van der Waals surface area contributed by atoms with Gasteiger partial charge in [0.15, 0.2) is 5.82 Å². The second-order valence-electron chi connectivity index (χ2n) is 5.20. The minimum absolute atomic E-state index is 0.0902. The van der Waals surface area contributed by atoms with E-state index in [1.807, 2.05) is 28.8 Å². The normalized spacial score (nSPS) is 20.2. The Hall–Kier alpha value is -2.63. The number of fused-ring (bicyclic) bond motifs is 2. The van der Waals surface area contributed by atoms with Gasteiger partial charge in [0.2, 0.25) is 5.65 Å². The van der Waals surface area contributed by atoms with E-state index >= 15 is 0 Å². The number of aromatic nitrogens is 4. The summed E-state index contributed by atoms with van der Waals surface area (Å²) in [5, 5.41) is 11.3. The smallest absolute Gasteiger partial charge is 0.203 e. The molecule has 0 aliphatic carbocycles. The Morgan fingerprint density at radius 1 is 1.33 bits per heavy atom. The summed E-state index contributed by atoms with van der Waals surface area (Å²) in [5.41, 5.74) is 1.98. The van der Waals surface area contributed by atoms with Gasteiger partial charge < -0.3 is 10.1 Å². The summed E-state index contributed by atoms with van der Waals surface area (Å²) in [6.45, 7) is 2.86. The van der Waals surface area contributed by atoms with Crippen molar-refractivity contribution in [3.8, 4) is 5.75 Å². The third-order valence-corrected chi connectivity index (χ3v) is 3.93. The van der Waals surface area contributed by atoms with Crippen LogP contribution in [0, 0.1) is 0 Å². The first-order valence-electron chi connectivity index (χ1n) is 6.97. The highest BCUT2D eigenvalue weighted by Gasteiger charge is 2.30. The molecule has 0 unspecified atom stereocenters. The molecule has 0 spiro atoms. The third kappa shape index (κ3) is 1.99. The Bertz CT molecular complexity index is 784. The molecule has 1 N–H and O–H groups in total. The van der Waals surface area contributed by atoms with Crippen molar-refractivity contribution >= 4 is 11.5 Å². The van der Waals surface area contributed by atoms with Crippen LogP contribution in [0.3, 0.4) is 0 Å². The van der Waals surface area contributed by atoms with Gasteiger partial charge in [-0.2, -0.15) is 0 Å². The largest absolute Gasteiger partial charge is 0.488 e. The van der Waals surface area contributed by atoms with Gasteiger partial charge in [-0.15, -0.1) is 10.2 Å². The van der Waals surface area contributed by atoms with Crippen molar-refractivity contribution in [2.75, 3.05) is 11.9 Å². The van der Waals surface area contributed by atoms with Crippen molar-refractivity contribution in [2.24, 2.45) is 0 Å². The fourth-order valence-electron chi connectivity index (χ4n) is 2.73. The van der Waals surface area contributed by atoms with Gasteiger partial charge in [-0.25, -0.2) is 4.98 Å². The molecule has 6 nitrogen and oxygen atoms in total. The predicted molar refractivity (Wildman–Crippen MR) is 78.5 cm³/mol. The van der Waals surface area contributed by atoms with Crippen LogP contribution >= 0.6 is 0 Å². The molecule has 0 bridgehead atoms. The van der Waals surface area contributed by atoms with Gasteiger partial charge in [0.05, 0.1) is 6.54 Å². The lowest BCUT2D eigenvalue weighted by molar-refractivity contribution is 0.224. The molecule has 4 rings (SSSR count). The number of benzene rings is 1. The van der Waals surface area contributed by atoms with E-state index in [4.69, 9.17) is 4.74 Å². The van der Waals surface area contributed by atoms with E-state index in [0.717, 1.165) is 17.2 Å². The standard InChI is InChI=1S/C15H15N5O/c1-10-11-4-2-3-5-12(11)21-13(10)8-17-14-15-19-18-9-20(15)7-6-16-14/h2-7,9-10,13H,8H2,1H3,(H,16,17)/t10-,13-/m1/s1. The van der Waals surface area contributed by atoms with Crippen LogP contribution in [0.25, 0.3) is 5.65 Å². The summed E-state index contributed by atoms with van der Waals surface area (Å²) in [4.78, 5) is 4.32. The van der Waals surface area contributed by atoms with Gasteiger partial charge in [-0.05, 0) is 6.07 Å². The summed E-state index contributed by atoms with van der Waals surface area (Å²) >= 11 is 0. The van der Waals surface area contributed by atoms with Gasteiger partial charge in [0.1, 0.15) is 18.2 Å². The molecule has 3 aromatic rings. The molecule has 0 radical (unpaired) electrons. The van der Waals surface area contributed by atoms with Gasteiger partial charge >= 0.3 is 0 Å². The highest BCUT2D eigenvalue weighted by Crippen LogP contribution is 2.37. The third-order valence-electron chi connectivity index (χ3n) is 3.93. The maximum absolute atomic E-state index is 6.00. The zero-order valence-corrected chi connectivity index (χ0v) is 11.6. The number of ether oxygens (including phenoxy) is 1. The van der Waals surface area contributed by atoms with E-state index in [-0.39, 0.29) is 6.10 Å². The molecule has 2 aromatic heterocycles. The SMILES string of the molecule is C[C@@H]1c2ccccc2O[C@@H]1CNc1nccn2cnnc12. The lowest BCUT2D eigenvalue weighted by atomic mass is 9.98. The van der Waals surface area contributed by atoms with Crippen LogP contribution in [0.5, 0.6) is 5.75 Å². The van der Waals surface area contributed by atoms with Gasteiger partial charge in [-0.1, -0.05) is 25.1 Å². The van der Waals surface area contributed by atoms with Crippen LogP contribution < -0.4 is 10.1 Å². The number of para-hydroxylation sites is 1. The summed E-state index contributed by atoms with van der Waals surface area (Å²) in [6, 6.07) is 8.19. The molecular weight excluding hydrogens is 266 g/mol. The Balaban J connectivity index is 1.52. The van der Waals surface area contributed by atoms with Crippen LogP contribution in [0.4, 0.5) is 5.82 Å². The second-order valence-corrected chi connectivity index (χ2v) is 5.20. The molecule has 3 heterocycles. The molecule has 0 amide bonds. The monoisotopic (exact) mass is 281 g/mol. The number of hydrogen-bond donors (Lipinski definition) is 1. The van der Waals surface area contributed by atoms with Crippen molar-refractivity contribution in [1.29, 1.82) is 0 Å². The van der Waals surface area contributed by atoms with E-state index in [1.54, 1.807) is 12.5 Å². The second kappa shape index (κ2) is 4.73. The number of anilines is 1. The molecular formula is C15H15N5O. The minimum Gasteiger partial charge on any atom is -0.488 e. The van der Waals surface area contributed by atoms with Crippen molar-refractivity contribution in [1.82, 2.24) is 19.6 Å². The Morgan fingerprint density at radius 3 is 3.14 bits per heavy atom. The predicted octanol–water partition coefficient (Wildman–Crippen LogP) is 2.10. The molecule has 0 saturated heterocycles. The van der Waals surface area contributed by atoms with E-state index in [1.165, 1.54) is 5.56 Å². The number of hydrogen-bond acceptors (Lipinski definition) is 5.